The minimum atomic E-state index is -0.534. The van der Waals surface area contributed by atoms with Crippen LogP contribution in [0.15, 0.2) is 36.8 Å². The number of aliphatic hydroxyl groups is 1. The third-order valence-electron chi connectivity index (χ3n) is 5.16. The van der Waals surface area contributed by atoms with Gasteiger partial charge in [-0.15, -0.1) is 5.10 Å². The molecule has 8 nitrogen and oxygen atoms in total. The number of aromatic nitrogens is 7. The van der Waals surface area contributed by atoms with Gasteiger partial charge in [0.2, 0.25) is 0 Å². The van der Waals surface area contributed by atoms with Crippen LogP contribution in [0.5, 0.6) is 0 Å². The Morgan fingerprint density at radius 3 is 2.93 bits per heavy atom. The number of rotatable bonds is 6. The van der Waals surface area contributed by atoms with E-state index in [0.717, 1.165) is 18.5 Å². The summed E-state index contributed by atoms with van der Waals surface area (Å²) in [6.07, 6.45) is 6.93. The lowest BCUT2D eigenvalue weighted by atomic mass is 10.2. The van der Waals surface area contributed by atoms with Crippen molar-refractivity contribution in [2.24, 2.45) is 11.8 Å². The second-order valence-electron chi connectivity index (χ2n) is 7.28. The van der Waals surface area contributed by atoms with E-state index in [1.807, 2.05) is 10.9 Å². The van der Waals surface area contributed by atoms with Crippen LogP contribution in [0, 0.1) is 17.7 Å². The molecule has 1 N–H and O–H groups in total. The summed E-state index contributed by atoms with van der Waals surface area (Å²) in [5, 5.41) is 21.7. The minimum absolute atomic E-state index is 0.0435. The van der Waals surface area contributed by atoms with Crippen molar-refractivity contribution in [3.8, 4) is 5.69 Å². The molecule has 1 fully saturated rings. The molecule has 0 radical (unpaired) electrons. The monoisotopic (exact) mass is 413 g/mol. The van der Waals surface area contributed by atoms with E-state index in [1.54, 1.807) is 18.5 Å². The normalized spacial score (nSPS) is 18.4. The van der Waals surface area contributed by atoms with Gasteiger partial charge in [-0.25, -0.2) is 14.4 Å². The maximum absolute atomic E-state index is 13.8. The van der Waals surface area contributed by atoms with Gasteiger partial charge in [-0.05, 0) is 36.0 Å². The molecule has 10 heteroatoms. The lowest BCUT2D eigenvalue weighted by molar-refractivity contribution is 0.265. The largest absolute Gasteiger partial charge is 0.396 e. The Hall–Kier alpha value is -2.91. The SMILES string of the molecule is OC[C@@H]1C[C@H]1Cn1cc(Cc2ncc3nnn(-c4ccc(Cl)c(F)c4)c3n2)cn1. The molecular weight excluding hydrogens is 397 g/mol. The van der Waals surface area contributed by atoms with Crippen LogP contribution in [-0.4, -0.2) is 46.5 Å². The lowest BCUT2D eigenvalue weighted by Crippen LogP contribution is -2.03. The second kappa shape index (κ2) is 7.16. The van der Waals surface area contributed by atoms with Crippen molar-refractivity contribution in [3.05, 3.63) is 59.0 Å². The average Bonchev–Trinajstić information content (AvgIpc) is 3.10. The molecule has 4 aromatic rings. The van der Waals surface area contributed by atoms with E-state index in [2.05, 4.69) is 25.4 Å². The van der Waals surface area contributed by atoms with Gasteiger partial charge in [0.25, 0.3) is 0 Å². The summed E-state index contributed by atoms with van der Waals surface area (Å²) in [6, 6.07) is 4.42. The average molecular weight is 414 g/mol. The van der Waals surface area contributed by atoms with E-state index in [9.17, 15) is 9.50 Å². The fourth-order valence-electron chi connectivity index (χ4n) is 3.42. The first-order valence-electron chi connectivity index (χ1n) is 9.25. The Morgan fingerprint density at radius 2 is 2.14 bits per heavy atom. The van der Waals surface area contributed by atoms with E-state index in [1.165, 1.54) is 16.8 Å². The second-order valence-corrected chi connectivity index (χ2v) is 7.69. The highest BCUT2D eigenvalue weighted by Gasteiger charge is 2.36. The van der Waals surface area contributed by atoms with E-state index in [0.29, 0.717) is 40.9 Å². The van der Waals surface area contributed by atoms with Crippen molar-refractivity contribution in [2.45, 2.75) is 19.4 Å². The molecule has 1 aliphatic carbocycles. The quantitative estimate of drug-likeness (QED) is 0.521. The molecule has 3 aromatic heterocycles. The van der Waals surface area contributed by atoms with E-state index in [4.69, 9.17) is 11.6 Å². The van der Waals surface area contributed by atoms with Gasteiger partial charge in [-0.2, -0.15) is 9.78 Å². The number of benzene rings is 1. The fourth-order valence-corrected chi connectivity index (χ4v) is 3.53. The van der Waals surface area contributed by atoms with Crippen LogP contribution in [0.25, 0.3) is 16.9 Å². The van der Waals surface area contributed by atoms with Gasteiger partial charge in [-0.1, -0.05) is 16.8 Å². The van der Waals surface area contributed by atoms with Crippen molar-refractivity contribution in [1.82, 2.24) is 34.7 Å². The predicted octanol–water partition coefficient (Wildman–Crippen LogP) is 2.42. The first-order chi connectivity index (χ1) is 14.1. The van der Waals surface area contributed by atoms with Crippen LogP contribution < -0.4 is 0 Å². The van der Waals surface area contributed by atoms with Crippen LogP contribution in [0.3, 0.4) is 0 Å². The summed E-state index contributed by atoms with van der Waals surface area (Å²) in [5.41, 5.74) is 2.48. The molecule has 0 unspecified atom stereocenters. The van der Waals surface area contributed by atoms with Crippen molar-refractivity contribution >= 4 is 22.8 Å². The smallest absolute Gasteiger partial charge is 0.187 e. The van der Waals surface area contributed by atoms with Gasteiger partial charge in [0.05, 0.1) is 23.1 Å². The summed E-state index contributed by atoms with van der Waals surface area (Å²) in [5.74, 6) is 0.961. The highest BCUT2D eigenvalue weighted by Crippen LogP contribution is 2.38. The third-order valence-corrected chi connectivity index (χ3v) is 5.47. The van der Waals surface area contributed by atoms with Gasteiger partial charge >= 0.3 is 0 Å². The summed E-state index contributed by atoms with van der Waals surface area (Å²) in [7, 11) is 0. The molecule has 29 heavy (non-hydrogen) atoms. The molecule has 0 aliphatic heterocycles. The van der Waals surface area contributed by atoms with E-state index < -0.39 is 5.82 Å². The fraction of sp³-hybridized carbons (Fsp3) is 0.316. The Bertz CT molecular complexity index is 1190. The van der Waals surface area contributed by atoms with Gasteiger partial charge in [0.1, 0.15) is 11.6 Å². The van der Waals surface area contributed by atoms with Crippen molar-refractivity contribution in [2.75, 3.05) is 6.61 Å². The van der Waals surface area contributed by atoms with Crippen molar-refractivity contribution in [3.63, 3.8) is 0 Å². The molecule has 148 valence electrons. The highest BCUT2D eigenvalue weighted by molar-refractivity contribution is 6.30. The number of aliphatic hydroxyl groups excluding tert-OH is 1. The Balaban J connectivity index is 1.38. The van der Waals surface area contributed by atoms with E-state index in [-0.39, 0.29) is 11.6 Å². The zero-order valence-electron chi connectivity index (χ0n) is 15.3. The lowest BCUT2D eigenvalue weighted by Gasteiger charge is -2.03. The molecule has 2 atom stereocenters. The molecule has 3 heterocycles. The van der Waals surface area contributed by atoms with Crippen LogP contribution in [0.4, 0.5) is 4.39 Å². The van der Waals surface area contributed by atoms with Crippen molar-refractivity contribution < 1.29 is 9.50 Å². The van der Waals surface area contributed by atoms with Crippen LogP contribution in [-0.2, 0) is 13.0 Å². The Morgan fingerprint density at radius 1 is 1.24 bits per heavy atom. The Labute approximate surface area is 170 Å². The molecule has 0 bridgehead atoms. The maximum atomic E-state index is 13.8. The molecule has 5 rings (SSSR count). The topological polar surface area (TPSA) is 94.5 Å². The molecular formula is C19H17ClFN7O. The van der Waals surface area contributed by atoms with Gasteiger partial charge in [0.15, 0.2) is 11.2 Å². The van der Waals surface area contributed by atoms with Gasteiger partial charge in [0, 0.05) is 31.8 Å². The number of hydrogen-bond acceptors (Lipinski definition) is 6. The van der Waals surface area contributed by atoms with Crippen LogP contribution in [0.1, 0.15) is 17.8 Å². The van der Waals surface area contributed by atoms with Crippen LogP contribution in [0.2, 0.25) is 5.02 Å². The van der Waals surface area contributed by atoms with E-state index >= 15 is 0 Å². The highest BCUT2D eigenvalue weighted by atomic mass is 35.5. The summed E-state index contributed by atoms with van der Waals surface area (Å²) in [4.78, 5) is 8.92. The zero-order valence-corrected chi connectivity index (χ0v) is 16.0. The van der Waals surface area contributed by atoms with Crippen molar-refractivity contribution in [1.29, 1.82) is 0 Å². The number of nitrogens with zero attached hydrogens (tertiary/aromatic N) is 7. The minimum Gasteiger partial charge on any atom is -0.396 e. The number of hydrogen-bond donors (Lipinski definition) is 1. The molecule has 0 spiro atoms. The molecule has 0 saturated heterocycles. The summed E-state index contributed by atoms with van der Waals surface area (Å²) >= 11 is 5.76. The first kappa shape index (κ1) is 18.1. The summed E-state index contributed by atoms with van der Waals surface area (Å²) < 4.78 is 17.2. The first-order valence-corrected chi connectivity index (χ1v) is 9.63. The standard InChI is InChI=1S/C19H17ClFN7O/c20-15-2-1-14(5-16(15)21)28-19-17(25-26-28)7-22-18(24-19)3-11-6-23-27(8-11)9-12-4-13(12)10-29/h1-2,5-8,12-13,29H,3-4,9-10H2/t12-,13-/m0/s1. The van der Waals surface area contributed by atoms with Gasteiger partial charge < -0.3 is 5.11 Å². The third kappa shape index (κ3) is 3.58. The molecule has 1 aliphatic rings. The number of halogens is 2. The van der Waals surface area contributed by atoms with Crippen LogP contribution >= 0.6 is 11.6 Å². The number of fused-ring (bicyclic) bond motifs is 1. The molecule has 1 aromatic carbocycles. The Kier molecular flexibility index (Phi) is 4.48. The zero-order chi connectivity index (χ0) is 20.0. The van der Waals surface area contributed by atoms with Gasteiger partial charge in [-0.3, -0.25) is 4.68 Å². The molecule has 1 saturated carbocycles. The predicted molar refractivity (Wildman–Crippen MR) is 103 cm³/mol. The maximum Gasteiger partial charge on any atom is 0.187 e. The molecule has 0 amide bonds. The summed E-state index contributed by atoms with van der Waals surface area (Å²) in [6.45, 7) is 1.05.